The molecule has 0 amide bonds. The number of rotatable bonds is 2. The molecule has 0 aromatic carbocycles. The highest BCUT2D eigenvalue weighted by Crippen LogP contribution is 2.55. The topological polar surface area (TPSA) is 63.2 Å². The summed E-state index contributed by atoms with van der Waals surface area (Å²) in [6.45, 7) is 0. The Morgan fingerprint density at radius 3 is 2.64 bits per heavy atom. The highest BCUT2D eigenvalue weighted by atomic mass is 16.8. The van der Waals surface area contributed by atoms with E-state index in [1.807, 2.05) is 0 Å². The third-order valence-electron chi connectivity index (χ3n) is 6.86. The molecule has 3 saturated heterocycles. The van der Waals surface area contributed by atoms with Gasteiger partial charge in [0, 0.05) is 25.7 Å². The number of carbonyl (C=O) groups excluding carboxylic acids is 1. The van der Waals surface area contributed by atoms with Gasteiger partial charge < -0.3 is 23.7 Å². The third kappa shape index (κ3) is 2.64. The average Bonchev–Trinajstić information content (AvgIpc) is 3.11. The Morgan fingerprint density at radius 1 is 1.04 bits per heavy atom. The van der Waals surface area contributed by atoms with E-state index in [-0.39, 0.29) is 47.9 Å². The summed E-state index contributed by atoms with van der Waals surface area (Å²) in [7, 11) is 1.43. The third-order valence-corrected chi connectivity index (χ3v) is 6.86. The van der Waals surface area contributed by atoms with Crippen molar-refractivity contribution in [3.63, 3.8) is 0 Å². The van der Waals surface area contributed by atoms with Crippen molar-refractivity contribution >= 4 is 5.97 Å². The van der Waals surface area contributed by atoms with Crippen LogP contribution in [0.15, 0.2) is 0 Å². The first kappa shape index (κ1) is 16.5. The van der Waals surface area contributed by atoms with Crippen LogP contribution >= 0.6 is 0 Å². The lowest BCUT2D eigenvalue weighted by Gasteiger charge is -2.44. The molecule has 2 spiro atoms. The maximum atomic E-state index is 11.6. The van der Waals surface area contributed by atoms with Crippen molar-refractivity contribution in [3.05, 3.63) is 0 Å². The van der Waals surface area contributed by atoms with Crippen LogP contribution in [0.25, 0.3) is 0 Å². The van der Waals surface area contributed by atoms with Gasteiger partial charge in [-0.25, -0.2) is 0 Å². The Labute approximate surface area is 148 Å². The minimum Gasteiger partial charge on any atom is -0.469 e. The van der Waals surface area contributed by atoms with Gasteiger partial charge in [0.15, 0.2) is 5.79 Å². The first-order valence-corrected chi connectivity index (χ1v) is 9.87. The number of ether oxygens (including phenoxy) is 5. The van der Waals surface area contributed by atoms with Crippen LogP contribution in [0.3, 0.4) is 0 Å². The van der Waals surface area contributed by atoms with Crippen molar-refractivity contribution in [2.45, 2.75) is 106 Å². The van der Waals surface area contributed by atoms with Gasteiger partial charge >= 0.3 is 5.97 Å². The van der Waals surface area contributed by atoms with Crippen molar-refractivity contribution in [2.24, 2.45) is 0 Å². The zero-order valence-electron chi connectivity index (χ0n) is 14.9. The molecule has 2 unspecified atom stereocenters. The van der Waals surface area contributed by atoms with Gasteiger partial charge in [-0.3, -0.25) is 4.79 Å². The molecular formula is C19H28O6. The van der Waals surface area contributed by atoms with Crippen molar-refractivity contribution in [3.8, 4) is 0 Å². The molecule has 3 heterocycles. The molecule has 2 saturated carbocycles. The number of carbonyl (C=O) groups is 1. The van der Waals surface area contributed by atoms with Crippen molar-refractivity contribution in [2.75, 3.05) is 7.11 Å². The van der Waals surface area contributed by atoms with E-state index in [1.54, 1.807) is 0 Å². The molecule has 25 heavy (non-hydrogen) atoms. The first-order chi connectivity index (χ1) is 12.1. The molecule has 2 aliphatic carbocycles. The fourth-order valence-corrected chi connectivity index (χ4v) is 5.74. The summed E-state index contributed by atoms with van der Waals surface area (Å²) in [5.74, 6) is -0.584. The summed E-state index contributed by atoms with van der Waals surface area (Å²) in [6, 6.07) is 0. The second kappa shape index (κ2) is 5.91. The van der Waals surface area contributed by atoms with E-state index in [1.165, 1.54) is 26.4 Å². The maximum absolute atomic E-state index is 11.6. The molecule has 6 atom stereocenters. The molecule has 140 valence electrons. The summed E-state index contributed by atoms with van der Waals surface area (Å²) in [5.41, 5.74) is -0.313. The Balaban J connectivity index is 1.33. The highest BCUT2D eigenvalue weighted by molar-refractivity contribution is 5.69. The normalized spacial score (nSPS) is 47.3. The predicted molar refractivity (Wildman–Crippen MR) is 86.9 cm³/mol. The van der Waals surface area contributed by atoms with Gasteiger partial charge in [-0.2, -0.15) is 0 Å². The molecule has 5 aliphatic rings. The summed E-state index contributed by atoms with van der Waals surface area (Å²) in [6.07, 6.45) is 9.57. The highest BCUT2D eigenvalue weighted by Gasteiger charge is 2.65. The van der Waals surface area contributed by atoms with Gasteiger partial charge in [0.05, 0.1) is 43.5 Å². The van der Waals surface area contributed by atoms with Gasteiger partial charge in [-0.15, -0.1) is 0 Å². The van der Waals surface area contributed by atoms with Crippen LogP contribution < -0.4 is 0 Å². The lowest BCUT2D eigenvalue weighted by atomic mass is 9.76. The Bertz CT molecular complexity index is 544. The van der Waals surface area contributed by atoms with Gasteiger partial charge in [0.1, 0.15) is 6.10 Å². The largest absolute Gasteiger partial charge is 0.469 e. The Hall–Kier alpha value is -0.690. The van der Waals surface area contributed by atoms with Crippen LogP contribution in [-0.2, 0) is 28.5 Å². The fraction of sp³-hybridized carbons (Fsp3) is 0.947. The van der Waals surface area contributed by atoms with Crippen molar-refractivity contribution in [1.29, 1.82) is 0 Å². The molecular weight excluding hydrogens is 324 g/mol. The van der Waals surface area contributed by atoms with Gasteiger partial charge in [-0.05, 0) is 25.7 Å². The molecule has 5 fully saturated rings. The monoisotopic (exact) mass is 352 g/mol. The molecule has 6 nitrogen and oxygen atoms in total. The second-order valence-electron chi connectivity index (χ2n) is 8.44. The van der Waals surface area contributed by atoms with E-state index in [4.69, 9.17) is 23.7 Å². The van der Waals surface area contributed by atoms with E-state index in [0.29, 0.717) is 6.42 Å². The first-order valence-electron chi connectivity index (χ1n) is 9.87. The summed E-state index contributed by atoms with van der Waals surface area (Å²) in [5, 5.41) is 0. The summed E-state index contributed by atoms with van der Waals surface area (Å²) >= 11 is 0. The zero-order valence-corrected chi connectivity index (χ0v) is 14.9. The van der Waals surface area contributed by atoms with Crippen molar-refractivity contribution < 1.29 is 28.5 Å². The number of fused-ring (bicyclic) bond motifs is 3. The molecule has 0 aromatic rings. The number of hydrogen-bond donors (Lipinski definition) is 0. The SMILES string of the molecule is COC(=O)CC1CCC2O[C@@H]3C[C@]2(C[C@H]2OC4(CCCCC4)O[C@@H]32)O1. The smallest absolute Gasteiger partial charge is 0.308 e. The fourth-order valence-electron chi connectivity index (χ4n) is 5.74. The standard InChI is InChI=1S/C19H28O6/c1-21-16(20)9-12-5-6-15-18(23-12)10-13(22-15)17-14(11-18)24-19(25-17)7-3-2-4-8-19/h12-15,17H,2-11H2,1H3/t12?,13-,14-,15?,17+,18-/m1/s1. The molecule has 0 aromatic heterocycles. The summed E-state index contributed by atoms with van der Waals surface area (Å²) in [4.78, 5) is 11.6. The maximum Gasteiger partial charge on any atom is 0.308 e. The van der Waals surface area contributed by atoms with Gasteiger partial charge in [0.2, 0.25) is 0 Å². The molecule has 3 aliphatic heterocycles. The van der Waals surface area contributed by atoms with E-state index < -0.39 is 0 Å². The molecule has 2 bridgehead atoms. The van der Waals surface area contributed by atoms with Crippen LogP contribution in [0.2, 0.25) is 0 Å². The van der Waals surface area contributed by atoms with Crippen LogP contribution in [0, 0.1) is 0 Å². The molecule has 6 heteroatoms. The lowest BCUT2D eigenvalue weighted by molar-refractivity contribution is -0.216. The van der Waals surface area contributed by atoms with Crippen LogP contribution in [0.4, 0.5) is 0 Å². The van der Waals surface area contributed by atoms with Crippen LogP contribution in [0.1, 0.15) is 64.2 Å². The minimum absolute atomic E-state index is 0.0389. The zero-order chi connectivity index (χ0) is 17.1. The predicted octanol–water partition coefficient (Wildman–Crippen LogP) is 2.47. The minimum atomic E-state index is -0.381. The molecule has 0 radical (unpaired) electrons. The van der Waals surface area contributed by atoms with Crippen LogP contribution in [-0.4, -0.2) is 55.0 Å². The number of hydrogen-bond acceptors (Lipinski definition) is 6. The van der Waals surface area contributed by atoms with E-state index in [2.05, 4.69) is 0 Å². The Kier molecular flexibility index (Phi) is 3.90. The average molecular weight is 352 g/mol. The van der Waals surface area contributed by atoms with E-state index >= 15 is 0 Å². The molecule has 0 N–H and O–H groups in total. The molecule has 5 rings (SSSR count). The number of methoxy groups -OCH3 is 1. The van der Waals surface area contributed by atoms with Crippen molar-refractivity contribution in [1.82, 2.24) is 0 Å². The second-order valence-corrected chi connectivity index (χ2v) is 8.44. The Morgan fingerprint density at radius 2 is 1.84 bits per heavy atom. The van der Waals surface area contributed by atoms with E-state index in [0.717, 1.165) is 38.5 Å². The van der Waals surface area contributed by atoms with Gasteiger partial charge in [-0.1, -0.05) is 6.42 Å². The number of esters is 1. The van der Waals surface area contributed by atoms with Crippen LogP contribution in [0.5, 0.6) is 0 Å². The van der Waals surface area contributed by atoms with E-state index in [9.17, 15) is 4.79 Å². The lowest BCUT2D eigenvalue weighted by Crippen LogP contribution is -2.54. The van der Waals surface area contributed by atoms with Gasteiger partial charge in [0.25, 0.3) is 0 Å². The quantitative estimate of drug-likeness (QED) is 0.712. The summed E-state index contributed by atoms with van der Waals surface area (Å²) < 4.78 is 30.6.